The topological polar surface area (TPSA) is 114 Å². The van der Waals surface area contributed by atoms with Gasteiger partial charge in [0, 0.05) is 18.7 Å². The first kappa shape index (κ1) is 16.2. The second-order valence-corrected chi connectivity index (χ2v) is 6.83. The summed E-state index contributed by atoms with van der Waals surface area (Å²) in [6, 6.07) is 4.63. The van der Waals surface area contributed by atoms with Crippen molar-refractivity contribution in [1.29, 1.82) is 0 Å². The van der Waals surface area contributed by atoms with Crippen LogP contribution in [0.15, 0.2) is 23.2 Å². The molecule has 0 unspecified atom stereocenters. The molecule has 10 heteroatoms. The molecule has 1 N–H and O–H groups in total. The van der Waals surface area contributed by atoms with Crippen LogP contribution in [0.4, 0.5) is 5.82 Å². The molecular weight excluding hydrogens is 336 g/mol. The Kier molecular flexibility index (Phi) is 4.14. The van der Waals surface area contributed by atoms with E-state index in [0.717, 1.165) is 11.6 Å². The molecule has 0 aliphatic carbocycles. The third-order valence-corrected chi connectivity index (χ3v) is 5.27. The molecule has 3 rings (SSSR count). The summed E-state index contributed by atoms with van der Waals surface area (Å²) < 4.78 is 36.7. The summed E-state index contributed by atoms with van der Waals surface area (Å²) >= 11 is 0. The van der Waals surface area contributed by atoms with E-state index in [0.29, 0.717) is 18.1 Å². The van der Waals surface area contributed by atoms with Gasteiger partial charge in [-0.25, -0.2) is 9.10 Å². The van der Waals surface area contributed by atoms with Crippen LogP contribution in [0.3, 0.4) is 0 Å². The molecule has 0 radical (unpaired) electrons. The summed E-state index contributed by atoms with van der Waals surface area (Å²) in [5.74, 6) is -0.0360. The number of fused-ring (bicyclic) bond motifs is 1. The number of pyridine rings is 1. The Balaban J connectivity index is 1.95. The van der Waals surface area contributed by atoms with Crippen LogP contribution in [0, 0.1) is 0 Å². The Morgan fingerprint density at radius 2 is 2.21 bits per heavy atom. The summed E-state index contributed by atoms with van der Waals surface area (Å²) in [5.41, 5.74) is 0.720. The van der Waals surface area contributed by atoms with Crippen molar-refractivity contribution in [2.24, 2.45) is 0 Å². The van der Waals surface area contributed by atoms with Crippen molar-refractivity contribution in [3.05, 3.63) is 29.5 Å². The molecule has 24 heavy (non-hydrogen) atoms. The summed E-state index contributed by atoms with van der Waals surface area (Å²) in [4.78, 5) is 15.9. The van der Waals surface area contributed by atoms with E-state index in [2.05, 4.69) is 15.2 Å². The number of rotatable bonds is 5. The molecule has 0 saturated heterocycles. The first-order chi connectivity index (χ1) is 11.5. The monoisotopic (exact) mass is 352 g/mol. The van der Waals surface area contributed by atoms with E-state index >= 15 is 0 Å². The number of sulfonamides is 1. The fourth-order valence-corrected chi connectivity index (χ4v) is 3.79. The average Bonchev–Trinajstić information content (AvgIpc) is 3.22. The van der Waals surface area contributed by atoms with Gasteiger partial charge in [-0.15, -0.1) is 0 Å². The normalized spacial score (nSPS) is 13.7. The Bertz CT molecular complexity index is 877. The van der Waals surface area contributed by atoms with Gasteiger partial charge in [0.25, 0.3) is 10.0 Å². The first-order valence-electron chi connectivity index (χ1n) is 7.26. The number of carbonyl (C=O) groups excluding carboxylic acids is 1. The van der Waals surface area contributed by atoms with E-state index in [9.17, 15) is 13.2 Å². The maximum Gasteiger partial charge on any atom is 0.358 e. The maximum atomic E-state index is 12.8. The Morgan fingerprint density at radius 3 is 2.92 bits per heavy atom. The molecule has 2 aromatic heterocycles. The number of anilines is 1. The zero-order valence-corrected chi connectivity index (χ0v) is 14.0. The Labute approximate surface area is 138 Å². The minimum absolute atomic E-state index is 0.0894. The quantitative estimate of drug-likeness (QED) is 0.789. The van der Waals surface area contributed by atoms with Gasteiger partial charge < -0.3 is 9.47 Å². The van der Waals surface area contributed by atoms with Crippen LogP contribution in [0.2, 0.25) is 0 Å². The largest absolute Gasteiger partial charge is 0.481 e. The predicted octanol–water partition coefficient (Wildman–Crippen LogP) is 0.741. The van der Waals surface area contributed by atoms with Crippen molar-refractivity contribution in [2.45, 2.75) is 18.4 Å². The van der Waals surface area contributed by atoms with Crippen LogP contribution in [0.5, 0.6) is 5.88 Å². The zero-order valence-electron chi connectivity index (χ0n) is 13.1. The fourth-order valence-electron chi connectivity index (χ4n) is 2.41. The van der Waals surface area contributed by atoms with E-state index < -0.39 is 16.0 Å². The Hall–Kier alpha value is -2.62. The number of esters is 1. The van der Waals surface area contributed by atoms with Gasteiger partial charge in [0.15, 0.2) is 10.7 Å². The van der Waals surface area contributed by atoms with E-state index in [-0.39, 0.29) is 23.9 Å². The molecule has 0 fully saturated rings. The molecule has 0 aromatic carbocycles. The molecule has 3 heterocycles. The summed E-state index contributed by atoms with van der Waals surface area (Å²) in [7, 11) is -2.45. The van der Waals surface area contributed by atoms with Crippen LogP contribution in [-0.2, 0) is 21.2 Å². The highest BCUT2D eigenvalue weighted by molar-refractivity contribution is 7.92. The molecule has 128 valence electrons. The number of aromatic amines is 1. The number of nitrogens with one attached hydrogen (secondary N) is 1. The molecule has 0 bridgehead atoms. The van der Waals surface area contributed by atoms with Crippen molar-refractivity contribution < 1.29 is 22.7 Å². The number of nitrogens with zero attached hydrogens (tertiary/aromatic N) is 3. The zero-order chi connectivity index (χ0) is 17.3. The van der Waals surface area contributed by atoms with Crippen molar-refractivity contribution in [1.82, 2.24) is 15.2 Å². The van der Waals surface area contributed by atoms with Crippen LogP contribution < -0.4 is 9.04 Å². The molecule has 2 aromatic rings. The highest BCUT2D eigenvalue weighted by atomic mass is 32.2. The molecule has 0 atom stereocenters. The number of methoxy groups -OCH3 is 1. The van der Waals surface area contributed by atoms with Crippen LogP contribution >= 0.6 is 0 Å². The second kappa shape index (κ2) is 6.11. The molecule has 0 amide bonds. The highest BCUT2D eigenvalue weighted by Crippen LogP contribution is 2.32. The number of ether oxygens (including phenoxy) is 2. The van der Waals surface area contributed by atoms with E-state index in [1.165, 1.54) is 11.4 Å². The van der Waals surface area contributed by atoms with Gasteiger partial charge in [-0.1, -0.05) is 0 Å². The van der Waals surface area contributed by atoms with Gasteiger partial charge in [0.05, 0.1) is 13.7 Å². The van der Waals surface area contributed by atoms with Gasteiger partial charge in [0.1, 0.15) is 5.82 Å². The third-order valence-electron chi connectivity index (χ3n) is 3.57. The molecule has 0 spiro atoms. The lowest BCUT2D eigenvalue weighted by Crippen LogP contribution is -2.30. The number of hydrogen-bond acceptors (Lipinski definition) is 7. The SMILES string of the molecule is CCOC(=O)c1cc(S(=O)(=O)N2CCc3ccc(OC)nc32)[nH]n1. The van der Waals surface area contributed by atoms with Crippen molar-refractivity contribution >= 4 is 21.8 Å². The molecule has 9 nitrogen and oxygen atoms in total. The minimum Gasteiger partial charge on any atom is -0.481 e. The standard InChI is InChI=1S/C14H16N4O5S/c1-3-23-14(19)10-8-12(17-16-10)24(20,21)18-7-6-9-4-5-11(22-2)15-13(9)18/h4-5,8H,3,6-7H2,1-2H3,(H,16,17). The second-order valence-electron chi connectivity index (χ2n) is 5.00. The highest BCUT2D eigenvalue weighted by Gasteiger charge is 2.34. The lowest BCUT2D eigenvalue weighted by molar-refractivity contribution is 0.0519. The van der Waals surface area contributed by atoms with Gasteiger partial charge in [0.2, 0.25) is 5.88 Å². The fraction of sp³-hybridized carbons (Fsp3) is 0.357. The summed E-state index contributed by atoms with van der Waals surface area (Å²) in [5, 5.41) is 5.90. The number of H-pyrrole nitrogens is 1. The lowest BCUT2D eigenvalue weighted by Gasteiger charge is -2.17. The molecular formula is C14H16N4O5S. The number of carbonyl (C=O) groups is 1. The van der Waals surface area contributed by atoms with Crippen LogP contribution in [0.25, 0.3) is 0 Å². The van der Waals surface area contributed by atoms with Crippen molar-refractivity contribution in [3.63, 3.8) is 0 Å². The molecule has 0 saturated carbocycles. The first-order valence-corrected chi connectivity index (χ1v) is 8.70. The lowest BCUT2D eigenvalue weighted by atomic mass is 10.2. The van der Waals surface area contributed by atoms with E-state index in [1.807, 2.05) is 0 Å². The van der Waals surface area contributed by atoms with Gasteiger partial charge >= 0.3 is 5.97 Å². The van der Waals surface area contributed by atoms with E-state index in [1.54, 1.807) is 19.1 Å². The van der Waals surface area contributed by atoms with E-state index in [4.69, 9.17) is 9.47 Å². The smallest absolute Gasteiger partial charge is 0.358 e. The number of hydrogen-bond donors (Lipinski definition) is 1. The minimum atomic E-state index is -3.92. The maximum absolute atomic E-state index is 12.8. The Morgan fingerprint density at radius 1 is 1.42 bits per heavy atom. The summed E-state index contributed by atoms with van der Waals surface area (Å²) in [6.45, 7) is 2.09. The molecule has 1 aliphatic rings. The summed E-state index contributed by atoms with van der Waals surface area (Å²) in [6.07, 6.45) is 0.546. The van der Waals surface area contributed by atoms with Crippen LogP contribution in [-0.4, -0.2) is 49.8 Å². The van der Waals surface area contributed by atoms with Gasteiger partial charge in [-0.05, 0) is 25.0 Å². The molecule has 1 aliphatic heterocycles. The van der Waals surface area contributed by atoms with Gasteiger partial charge in [-0.2, -0.15) is 18.5 Å². The average molecular weight is 352 g/mol. The predicted molar refractivity (Wildman–Crippen MR) is 83.6 cm³/mol. The third kappa shape index (κ3) is 2.68. The van der Waals surface area contributed by atoms with Crippen molar-refractivity contribution in [2.75, 3.05) is 24.6 Å². The van der Waals surface area contributed by atoms with Gasteiger partial charge in [-0.3, -0.25) is 5.10 Å². The van der Waals surface area contributed by atoms with Crippen molar-refractivity contribution in [3.8, 4) is 5.88 Å². The van der Waals surface area contributed by atoms with Crippen LogP contribution in [0.1, 0.15) is 23.0 Å². The number of aromatic nitrogens is 3.